The van der Waals surface area contributed by atoms with Gasteiger partial charge in [-0.3, -0.25) is 28.1 Å². The highest BCUT2D eigenvalue weighted by Gasteiger charge is 2.26. The molecule has 0 unspecified atom stereocenters. The number of furan rings is 2. The molecule has 2 saturated heterocycles. The molecule has 2 fully saturated rings. The van der Waals surface area contributed by atoms with Gasteiger partial charge < -0.3 is 49.4 Å². The summed E-state index contributed by atoms with van der Waals surface area (Å²) in [5.74, 6) is 3.68. The molecule has 10 aromatic rings. The smallest absolute Gasteiger partial charge is 0.330 e. The summed E-state index contributed by atoms with van der Waals surface area (Å²) in [7, 11) is 5.08. The van der Waals surface area contributed by atoms with Crippen LogP contribution in [0.5, 0.6) is 11.5 Å². The molecule has 0 saturated carbocycles. The zero-order valence-corrected chi connectivity index (χ0v) is 43.0. The van der Waals surface area contributed by atoms with Crippen LogP contribution in [0.1, 0.15) is 0 Å². The Bertz CT molecular complexity index is 3730. The van der Waals surface area contributed by atoms with Crippen molar-refractivity contribution in [2.24, 2.45) is 14.1 Å². The quantitative estimate of drug-likeness (QED) is 0.110. The Labute approximate surface area is 439 Å². The summed E-state index contributed by atoms with van der Waals surface area (Å²) >= 11 is 0. The third-order valence-corrected chi connectivity index (χ3v) is 14.0. The molecule has 8 aromatic heterocycles. The molecule has 402 valence electrons. The first kappa shape index (κ1) is 50.4. The molecular weight excluding hydrogens is 993 g/mol. The summed E-state index contributed by atoms with van der Waals surface area (Å²) in [5, 5.41) is 17.8. The molecule has 2 aliphatic rings. The summed E-state index contributed by atoms with van der Waals surface area (Å²) in [6.07, 6.45) is 3.11. The normalized spacial score (nSPS) is 14.6. The Morgan fingerprint density at radius 2 is 0.974 bits per heavy atom. The number of nitrogen functional groups attached to an aromatic ring is 2. The van der Waals surface area contributed by atoms with E-state index in [9.17, 15) is 9.59 Å². The molecule has 77 heavy (non-hydrogen) atoms. The molecule has 0 spiro atoms. The van der Waals surface area contributed by atoms with Gasteiger partial charge in [-0.25, -0.2) is 19.6 Å². The number of aliphatic hydroxyl groups is 1. The lowest BCUT2D eigenvalue weighted by Crippen LogP contribution is -2.47. The fourth-order valence-corrected chi connectivity index (χ4v) is 9.86. The van der Waals surface area contributed by atoms with Gasteiger partial charge in [-0.1, -0.05) is 0 Å². The number of hydrogen-bond donors (Lipinski definition) is 3. The number of nitrogens with zero attached hydrogens (tertiary/aromatic N) is 16. The topological polar surface area (TPSA) is 279 Å². The highest BCUT2D eigenvalue weighted by Crippen LogP contribution is 2.27. The van der Waals surface area contributed by atoms with Crippen LogP contribution >= 0.6 is 0 Å². The zero-order chi connectivity index (χ0) is 53.2. The number of anilines is 4. The number of benzene rings is 2. The molecule has 5 N–H and O–H groups in total. The standard InChI is InChI=1S/C26H31N9O4.C25H29N9O4/c1-31-21-23(29-25(27)35-24(21)28-22(30-35)20-4-3-15-39-20)34(26(31)36)14-11-32-9-12-33(13-10-32)18-5-7-19(8-6-18)38-17-16-37-2;1-30-20-22(28-24(26)34-23(20)27-21(29-34)19-3-2-15-38-19)33(25(30)36)13-10-31-8-11-32(12-9-31)17-4-6-18(7-5-17)37-16-14-35/h3-8,15H,9-14,16-17H2,1-2H3,(H2,27,29);2-7,15,35H,8-14,16H2,1H3,(H2,26,28). The summed E-state index contributed by atoms with van der Waals surface area (Å²) in [6.45, 7) is 10.9. The number of piperazine rings is 2. The Morgan fingerprint density at radius 3 is 1.36 bits per heavy atom. The van der Waals surface area contributed by atoms with Gasteiger partial charge in [0.1, 0.15) is 35.7 Å². The number of nitrogens with two attached hydrogens (primary N) is 2. The van der Waals surface area contributed by atoms with Crippen LogP contribution in [-0.4, -0.2) is 171 Å². The van der Waals surface area contributed by atoms with E-state index >= 15 is 0 Å². The summed E-state index contributed by atoms with van der Waals surface area (Å²) < 4.78 is 36.3. The lowest BCUT2D eigenvalue weighted by atomic mass is 10.2. The van der Waals surface area contributed by atoms with Crippen molar-refractivity contribution < 1.29 is 28.2 Å². The Balaban J connectivity index is 0.000000164. The highest BCUT2D eigenvalue weighted by molar-refractivity contribution is 5.89. The number of aromatic nitrogens is 12. The molecule has 0 aliphatic carbocycles. The molecule has 2 aliphatic heterocycles. The van der Waals surface area contributed by atoms with Crippen molar-refractivity contribution in [1.29, 1.82) is 0 Å². The van der Waals surface area contributed by atoms with Crippen molar-refractivity contribution in [3.8, 4) is 34.7 Å². The molecule has 0 radical (unpaired) electrons. The fraction of sp³-hybridized carbons (Fsp3) is 0.373. The van der Waals surface area contributed by atoms with Crippen molar-refractivity contribution in [3.05, 3.63) is 106 Å². The van der Waals surface area contributed by atoms with Crippen molar-refractivity contribution in [2.45, 2.75) is 13.1 Å². The molecule has 0 atom stereocenters. The van der Waals surface area contributed by atoms with Gasteiger partial charge in [-0.15, -0.1) is 10.2 Å². The maximum atomic E-state index is 13.2. The van der Waals surface area contributed by atoms with Crippen molar-refractivity contribution >= 4 is 56.9 Å². The lowest BCUT2D eigenvalue weighted by molar-refractivity contribution is 0.146. The second kappa shape index (κ2) is 21.9. The third kappa shape index (κ3) is 10.1. The van der Waals surface area contributed by atoms with Crippen LogP contribution in [0, 0.1) is 0 Å². The number of hydrogen-bond acceptors (Lipinski definition) is 20. The van der Waals surface area contributed by atoms with E-state index in [0.717, 1.165) is 76.1 Å². The van der Waals surface area contributed by atoms with Crippen LogP contribution in [0.4, 0.5) is 23.3 Å². The predicted octanol–water partition coefficient (Wildman–Crippen LogP) is 2.28. The molecule has 10 heterocycles. The molecule has 26 heteroatoms. The van der Waals surface area contributed by atoms with Crippen molar-refractivity contribution in [1.82, 2.24) is 67.2 Å². The third-order valence-electron chi connectivity index (χ3n) is 14.0. The van der Waals surface area contributed by atoms with E-state index in [-0.39, 0.29) is 36.5 Å². The number of aliphatic hydroxyl groups excluding tert-OH is 1. The number of aryl methyl sites for hydroxylation is 2. The van der Waals surface area contributed by atoms with Gasteiger partial charge >= 0.3 is 11.4 Å². The minimum atomic E-state index is -0.176. The fourth-order valence-electron chi connectivity index (χ4n) is 9.86. The van der Waals surface area contributed by atoms with E-state index in [2.05, 4.69) is 61.9 Å². The predicted molar refractivity (Wildman–Crippen MR) is 287 cm³/mol. The Hall–Kier alpha value is -8.72. The van der Waals surface area contributed by atoms with Gasteiger partial charge in [0.15, 0.2) is 34.1 Å². The highest BCUT2D eigenvalue weighted by atomic mass is 16.5. The SMILES string of the molecule is COCCOc1ccc(N2CCN(CCn3c(=O)n(C)c4c3nc(N)n3nc(-c5ccco5)nc43)CC2)cc1.Cn1c(=O)n(CCN2CCN(c3ccc(OCCO)cc3)CC2)c2nc(N)n3nc(-c4ccco4)nc3c21. The van der Waals surface area contributed by atoms with Gasteiger partial charge in [-0.05, 0) is 72.8 Å². The Morgan fingerprint density at radius 1 is 0.545 bits per heavy atom. The van der Waals surface area contributed by atoms with Crippen LogP contribution in [0.3, 0.4) is 0 Å². The van der Waals surface area contributed by atoms with Crippen LogP contribution in [0.2, 0.25) is 0 Å². The van der Waals surface area contributed by atoms with Crippen LogP contribution in [-0.2, 0) is 31.9 Å². The monoisotopic (exact) mass is 1050 g/mol. The molecule has 2 aromatic carbocycles. The van der Waals surface area contributed by atoms with E-state index in [1.807, 2.05) is 36.4 Å². The van der Waals surface area contributed by atoms with E-state index < -0.39 is 0 Å². The zero-order valence-electron chi connectivity index (χ0n) is 43.0. The summed E-state index contributed by atoms with van der Waals surface area (Å²) in [5.41, 5.74) is 17.5. The second-order valence-corrected chi connectivity index (χ2v) is 18.6. The number of ether oxygens (including phenoxy) is 3. The average Bonchev–Trinajstić information content (AvgIpc) is 4.38. The first-order valence-electron chi connectivity index (χ1n) is 25.4. The number of imidazole rings is 2. The van der Waals surface area contributed by atoms with Crippen LogP contribution < -0.4 is 42.1 Å². The first-order chi connectivity index (χ1) is 37.6. The van der Waals surface area contributed by atoms with Crippen LogP contribution in [0.15, 0.2) is 104 Å². The van der Waals surface area contributed by atoms with Gasteiger partial charge in [0.2, 0.25) is 23.5 Å². The minimum absolute atomic E-state index is 0.00428. The number of fused-ring (bicyclic) bond motifs is 6. The Kier molecular flexibility index (Phi) is 14.3. The lowest BCUT2D eigenvalue weighted by Gasteiger charge is -2.36. The summed E-state index contributed by atoms with van der Waals surface area (Å²) in [4.78, 5) is 54.1. The van der Waals surface area contributed by atoms with Gasteiger partial charge in [0.05, 0.1) is 25.7 Å². The van der Waals surface area contributed by atoms with Gasteiger partial charge in [0, 0.05) is 111 Å². The van der Waals surface area contributed by atoms with E-state index in [1.54, 1.807) is 76.3 Å². The molecule has 0 amide bonds. The molecule has 0 bridgehead atoms. The van der Waals surface area contributed by atoms with Gasteiger partial charge in [-0.2, -0.15) is 19.0 Å². The average molecular weight is 1050 g/mol. The minimum Gasteiger partial charge on any atom is -0.491 e. The molecule has 12 rings (SSSR count). The number of rotatable bonds is 17. The molecular formula is C51H60N18O8. The molecule has 26 nitrogen and oxygen atoms in total. The van der Waals surface area contributed by atoms with E-state index in [0.29, 0.717) is 89.6 Å². The number of methoxy groups -OCH3 is 1. The van der Waals surface area contributed by atoms with Crippen molar-refractivity contribution in [3.63, 3.8) is 0 Å². The largest absolute Gasteiger partial charge is 0.491 e. The maximum Gasteiger partial charge on any atom is 0.330 e. The summed E-state index contributed by atoms with van der Waals surface area (Å²) in [6, 6.07) is 23.2. The van der Waals surface area contributed by atoms with Crippen LogP contribution in [0.25, 0.3) is 56.8 Å². The van der Waals surface area contributed by atoms with Gasteiger partial charge in [0.25, 0.3) is 0 Å². The van der Waals surface area contributed by atoms with E-state index in [4.69, 9.17) is 39.6 Å². The van der Waals surface area contributed by atoms with Crippen molar-refractivity contribution in [2.75, 3.05) is 120 Å². The first-order valence-corrected chi connectivity index (χ1v) is 25.4. The van der Waals surface area contributed by atoms with E-state index in [1.165, 1.54) is 14.7 Å². The maximum absolute atomic E-state index is 13.2. The second-order valence-electron chi connectivity index (χ2n) is 18.6.